The van der Waals surface area contributed by atoms with Crippen LogP contribution in [0.2, 0.25) is 0 Å². The summed E-state index contributed by atoms with van der Waals surface area (Å²) in [6.45, 7) is 4.27. The molecule has 5 heteroatoms. The molecule has 0 aliphatic rings. The molecule has 0 heterocycles. The van der Waals surface area contributed by atoms with Gasteiger partial charge in [0.25, 0.3) is 5.91 Å². The maximum Gasteiger partial charge on any atom is 0.331 e. The van der Waals surface area contributed by atoms with E-state index in [-0.39, 0.29) is 16.9 Å². The van der Waals surface area contributed by atoms with Crippen LogP contribution in [-0.4, -0.2) is 22.8 Å². The molecule has 0 aliphatic heterocycles. The van der Waals surface area contributed by atoms with Gasteiger partial charge in [-0.3, -0.25) is 9.59 Å². The van der Waals surface area contributed by atoms with E-state index in [4.69, 9.17) is 5.11 Å². The lowest BCUT2D eigenvalue weighted by atomic mass is 10.1. The van der Waals surface area contributed by atoms with E-state index in [2.05, 4.69) is 5.32 Å². The molecule has 0 atom stereocenters. The number of carbonyl (C=O) groups is 3. The molecule has 0 unspecified atom stereocenters. The van der Waals surface area contributed by atoms with E-state index >= 15 is 0 Å². The van der Waals surface area contributed by atoms with Crippen molar-refractivity contribution in [3.05, 3.63) is 41.0 Å². The Balaban J connectivity index is 2.86. The summed E-state index contributed by atoms with van der Waals surface area (Å²) in [5.41, 5.74) is 1.19. The van der Waals surface area contributed by atoms with Gasteiger partial charge in [-0.25, -0.2) is 4.79 Å². The Kier molecular flexibility index (Phi) is 4.58. The third-order valence-corrected chi connectivity index (χ3v) is 2.77. The molecule has 1 rings (SSSR count). The van der Waals surface area contributed by atoms with Gasteiger partial charge in [0.15, 0.2) is 5.78 Å². The Morgan fingerprint density at radius 2 is 1.47 bits per heavy atom. The normalized spacial score (nSPS) is 11.5. The van der Waals surface area contributed by atoms with Crippen LogP contribution in [0.25, 0.3) is 0 Å². The number of benzene rings is 1. The average Bonchev–Trinajstić information content (AvgIpc) is 2.37. The standard InChI is InChI=1S/C14H15NO4/c1-8(9(2)14(18)19)13(17)15-12-6-4-11(5-7-12)10(3)16/h4-7H,1-3H3,(H,15,17)(H,18,19)/b9-8-. The van der Waals surface area contributed by atoms with Crippen molar-refractivity contribution in [1.29, 1.82) is 0 Å². The van der Waals surface area contributed by atoms with Crippen molar-refractivity contribution < 1.29 is 19.5 Å². The summed E-state index contributed by atoms with van der Waals surface area (Å²) in [6, 6.07) is 6.39. The maximum atomic E-state index is 11.8. The molecule has 100 valence electrons. The zero-order valence-electron chi connectivity index (χ0n) is 11.0. The van der Waals surface area contributed by atoms with Gasteiger partial charge in [0.2, 0.25) is 0 Å². The van der Waals surface area contributed by atoms with E-state index in [0.717, 1.165) is 0 Å². The largest absolute Gasteiger partial charge is 0.478 e. The number of amides is 1. The molecule has 0 aromatic heterocycles. The second-order valence-electron chi connectivity index (χ2n) is 4.14. The van der Waals surface area contributed by atoms with Crippen LogP contribution in [0.5, 0.6) is 0 Å². The Hall–Kier alpha value is -2.43. The molecule has 1 aromatic carbocycles. The first-order valence-electron chi connectivity index (χ1n) is 5.66. The molecular formula is C14H15NO4. The number of aliphatic carboxylic acids is 1. The lowest BCUT2D eigenvalue weighted by Crippen LogP contribution is -2.16. The fourth-order valence-electron chi connectivity index (χ4n) is 1.34. The van der Waals surface area contributed by atoms with Gasteiger partial charge < -0.3 is 10.4 Å². The molecule has 0 spiro atoms. The fraction of sp³-hybridized carbons (Fsp3) is 0.214. The van der Waals surface area contributed by atoms with Gasteiger partial charge in [-0.05, 0) is 45.0 Å². The predicted octanol–water partition coefficient (Wildman–Crippen LogP) is 2.25. The van der Waals surface area contributed by atoms with Gasteiger partial charge in [0.1, 0.15) is 0 Å². The predicted molar refractivity (Wildman–Crippen MR) is 71.1 cm³/mol. The Labute approximate surface area is 110 Å². The van der Waals surface area contributed by atoms with Crippen molar-refractivity contribution in [2.45, 2.75) is 20.8 Å². The van der Waals surface area contributed by atoms with Crippen LogP contribution in [-0.2, 0) is 9.59 Å². The number of carboxylic acids is 1. The summed E-state index contributed by atoms with van der Waals surface area (Å²) in [6.07, 6.45) is 0. The monoisotopic (exact) mass is 261 g/mol. The zero-order valence-corrected chi connectivity index (χ0v) is 11.0. The molecule has 5 nitrogen and oxygen atoms in total. The molecule has 19 heavy (non-hydrogen) atoms. The third-order valence-electron chi connectivity index (χ3n) is 2.77. The first-order chi connectivity index (χ1) is 8.82. The highest BCUT2D eigenvalue weighted by Gasteiger charge is 2.12. The minimum absolute atomic E-state index is 0.00199. The van der Waals surface area contributed by atoms with Crippen LogP contribution in [0.15, 0.2) is 35.4 Å². The summed E-state index contributed by atoms with van der Waals surface area (Å²) in [7, 11) is 0. The lowest BCUT2D eigenvalue weighted by Gasteiger charge is -2.07. The number of ketones is 1. The summed E-state index contributed by atoms with van der Waals surface area (Å²) >= 11 is 0. The van der Waals surface area contributed by atoms with Crippen LogP contribution < -0.4 is 5.32 Å². The number of nitrogens with one attached hydrogen (secondary N) is 1. The summed E-state index contributed by atoms with van der Waals surface area (Å²) in [5.74, 6) is -1.66. The molecular weight excluding hydrogens is 246 g/mol. The zero-order chi connectivity index (χ0) is 14.6. The SMILES string of the molecule is CC(=O)c1ccc(NC(=O)/C(C)=C(/C)C(=O)O)cc1. The van der Waals surface area contributed by atoms with Crippen molar-refractivity contribution in [2.24, 2.45) is 0 Å². The van der Waals surface area contributed by atoms with Gasteiger partial charge in [0, 0.05) is 22.4 Å². The van der Waals surface area contributed by atoms with Crippen molar-refractivity contribution in [1.82, 2.24) is 0 Å². The Morgan fingerprint density at radius 1 is 0.947 bits per heavy atom. The molecule has 0 radical (unpaired) electrons. The molecule has 0 saturated carbocycles. The van der Waals surface area contributed by atoms with E-state index in [1.165, 1.54) is 20.8 Å². The lowest BCUT2D eigenvalue weighted by molar-refractivity contribution is -0.133. The van der Waals surface area contributed by atoms with Gasteiger partial charge in [-0.1, -0.05) is 0 Å². The second-order valence-corrected chi connectivity index (χ2v) is 4.14. The molecule has 1 aromatic rings. The molecule has 0 saturated heterocycles. The van der Waals surface area contributed by atoms with Crippen LogP contribution in [0.1, 0.15) is 31.1 Å². The minimum Gasteiger partial charge on any atom is -0.478 e. The molecule has 1 amide bonds. The van der Waals surface area contributed by atoms with Crippen LogP contribution in [0.4, 0.5) is 5.69 Å². The first kappa shape index (κ1) is 14.6. The highest BCUT2D eigenvalue weighted by molar-refractivity contribution is 6.08. The van der Waals surface area contributed by atoms with Crippen LogP contribution >= 0.6 is 0 Å². The van der Waals surface area contributed by atoms with Gasteiger partial charge in [-0.15, -0.1) is 0 Å². The number of hydrogen-bond donors (Lipinski definition) is 2. The van der Waals surface area contributed by atoms with E-state index in [1.54, 1.807) is 24.3 Å². The smallest absolute Gasteiger partial charge is 0.331 e. The van der Waals surface area contributed by atoms with Crippen molar-refractivity contribution in [3.63, 3.8) is 0 Å². The highest BCUT2D eigenvalue weighted by atomic mass is 16.4. The quantitative estimate of drug-likeness (QED) is 0.643. The number of hydrogen-bond acceptors (Lipinski definition) is 3. The first-order valence-corrected chi connectivity index (χ1v) is 5.66. The average molecular weight is 261 g/mol. The summed E-state index contributed by atoms with van der Waals surface area (Å²) < 4.78 is 0. The summed E-state index contributed by atoms with van der Waals surface area (Å²) in [5, 5.41) is 11.4. The third kappa shape index (κ3) is 3.77. The van der Waals surface area contributed by atoms with Crippen LogP contribution in [0, 0.1) is 0 Å². The minimum atomic E-state index is -1.13. The van der Waals surface area contributed by atoms with E-state index in [9.17, 15) is 14.4 Å². The maximum absolute atomic E-state index is 11.8. The van der Waals surface area contributed by atoms with E-state index < -0.39 is 11.9 Å². The van der Waals surface area contributed by atoms with Gasteiger partial charge in [-0.2, -0.15) is 0 Å². The van der Waals surface area contributed by atoms with Crippen LogP contribution in [0.3, 0.4) is 0 Å². The number of carbonyl (C=O) groups excluding carboxylic acids is 2. The molecule has 0 aliphatic carbocycles. The summed E-state index contributed by atoms with van der Waals surface area (Å²) in [4.78, 5) is 33.6. The molecule has 0 bridgehead atoms. The van der Waals surface area contributed by atoms with Gasteiger partial charge in [0.05, 0.1) is 0 Å². The number of anilines is 1. The van der Waals surface area contributed by atoms with E-state index in [1.807, 2.05) is 0 Å². The second kappa shape index (κ2) is 5.95. The highest BCUT2D eigenvalue weighted by Crippen LogP contribution is 2.12. The number of rotatable bonds is 4. The van der Waals surface area contributed by atoms with Crippen molar-refractivity contribution in [3.8, 4) is 0 Å². The number of carboxylic acid groups (broad SMARTS) is 1. The molecule has 0 fully saturated rings. The Morgan fingerprint density at radius 3 is 1.89 bits per heavy atom. The number of Topliss-reactive ketones (excluding diaryl/α,β-unsaturated/α-hetero) is 1. The van der Waals surface area contributed by atoms with Crippen molar-refractivity contribution >= 4 is 23.3 Å². The molecule has 2 N–H and O–H groups in total. The Bertz CT molecular complexity index is 555. The topological polar surface area (TPSA) is 83.5 Å². The van der Waals surface area contributed by atoms with E-state index in [0.29, 0.717) is 11.3 Å². The van der Waals surface area contributed by atoms with Gasteiger partial charge >= 0.3 is 5.97 Å². The fourth-order valence-corrected chi connectivity index (χ4v) is 1.34. The van der Waals surface area contributed by atoms with Crippen molar-refractivity contribution in [2.75, 3.05) is 5.32 Å².